The van der Waals surface area contributed by atoms with Gasteiger partial charge in [0.15, 0.2) is 5.78 Å². The van der Waals surface area contributed by atoms with Crippen molar-refractivity contribution in [2.45, 2.75) is 30.8 Å². The minimum Gasteiger partial charge on any atom is -0.296 e. The summed E-state index contributed by atoms with van der Waals surface area (Å²) in [6.45, 7) is 3.53. The lowest BCUT2D eigenvalue weighted by molar-refractivity contribution is -0.137. The van der Waals surface area contributed by atoms with E-state index in [1.807, 2.05) is 25.1 Å². The number of carbonyl (C=O) groups is 1. The van der Waals surface area contributed by atoms with Gasteiger partial charge >= 0.3 is 0 Å². The summed E-state index contributed by atoms with van der Waals surface area (Å²) >= 11 is 0. The van der Waals surface area contributed by atoms with Gasteiger partial charge in [-0.2, -0.15) is 4.31 Å². The Morgan fingerprint density at radius 2 is 1.55 bits per heavy atom. The van der Waals surface area contributed by atoms with E-state index in [9.17, 15) is 13.2 Å². The Hall–Kier alpha value is -1.98. The number of benzene rings is 2. The van der Waals surface area contributed by atoms with E-state index in [4.69, 9.17) is 0 Å². The lowest BCUT2D eigenvalue weighted by atomic mass is 9.90. The van der Waals surface area contributed by atoms with Gasteiger partial charge in [-0.25, -0.2) is 8.42 Å². The average molecular weight is 315 g/mol. The number of hydrogen-bond acceptors (Lipinski definition) is 3. The molecule has 4 nitrogen and oxygen atoms in total. The molecule has 0 saturated carbocycles. The summed E-state index contributed by atoms with van der Waals surface area (Å²) in [5, 5.41) is 0. The van der Waals surface area contributed by atoms with Crippen LogP contribution in [-0.4, -0.2) is 24.5 Å². The number of aryl methyl sites for hydroxylation is 1. The van der Waals surface area contributed by atoms with Crippen LogP contribution in [0.1, 0.15) is 24.1 Å². The molecule has 0 N–H and O–H groups in total. The molecule has 0 spiro atoms. The molecule has 1 heterocycles. The largest absolute Gasteiger partial charge is 0.296 e. The smallest absolute Gasteiger partial charge is 0.244 e. The number of Topliss-reactive ketones (excluding diaryl/α,β-unsaturated/α-hetero) is 1. The quantitative estimate of drug-likeness (QED) is 0.875. The number of carbonyl (C=O) groups excluding carboxylic acids is 1. The molecule has 2 atom stereocenters. The summed E-state index contributed by atoms with van der Waals surface area (Å²) in [5.41, 5.74) is 1.70. The Labute approximate surface area is 130 Å². The zero-order chi connectivity index (χ0) is 15.9. The van der Waals surface area contributed by atoms with Gasteiger partial charge in [-0.3, -0.25) is 4.79 Å². The maximum absolute atomic E-state index is 12.8. The first-order chi connectivity index (χ1) is 10.4. The topological polar surface area (TPSA) is 54.5 Å². The van der Waals surface area contributed by atoms with Crippen LogP contribution >= 0.6 is 0 Å². The standard InChI is InChI=1S/C17H17NO3S/c1-12-8-10-15(11-9-12)22(20,21)18-13(2)17(19)16(18)14-6-4-3-5-7-14/h3-11,13,16H,1-2H3/t13-,16+/m1/s1. The number of sulfonamides is 1. The fourth-order valence-electron chi connectivity index (χ4n) is 2.75. The Balaban J connectivity index is 2.02. The predicted octanol–water partition coefficient (Wildman–Crippen LogP) is 2.70. The van der Waals surface area contributed by atoms with E-state index in [-0.39, 0.29) is 10.7 Å². The summed E-state index contributed by atoms with van der Waals surface area (Å²) in [6.07, 6.45) is 0. The number of ketones is 1. The Morgan fingerprint density at radius 1 is 0.955 bits per heavy atom. The van der Waals surface area contributed by atoms with Crippen LogP contribution in [0.15, 0.2) is 59.5 Å². The van der Waals surface area contributed by atoms with Crippen molar-refractivity contribution in [3.63, 3.8) is 0 Å². The Bertz CT molecular complexity index is 798. The zero-order valence-electron chi connectivity index (χ0n) is 12.4. The molecule has 0 radical (unpaired) electrons. The van der Waals surface area contributed by atoms with Crippen LogP contribution in [0.2, 0.25) is 0 Å². The molecule has 2 aromatic carbocycles. The van der Waals surface area contributed by atoms with Gasteiger partial charge in [-0.1, -0.05) is 48.0 Å². The molecule has 3 rings (SSSR count). The van der Waals surface area contributed by atoms with Gasteiger partial charge in [-0.15, -0.1) is 0 Å². The van der Waals surface area contributed by atoms with Crippen LogP contribution in [-0.2, 0) is 14.8 Å². The summed E-state index contributed by atoms with van der Waals surface area (Å²) < 4.78 is 27.0. The molecular formula is C17H17NO3S. The van der Waals surface area contributed by atoms with Gasteiger partial charge in [0.2, 0.25) is 10.0 Å². The summed E-state index contributed by atoms with van der Waals surface area (Å²) in [7, 11) is -3.69. The van der Waals surface area contributed by atoms with Gasteiger partial charge in [0.25, 0.3) is 0 Å². The van der Waals surface area contributed by atoms with Crippen LogP contribution in [0, 0.1) is 6.92 Å². The van der Waals surface area contributed by atoms with E-state index in [1.165, 1.54) is 4.31 Å². The summed E-state index contributed by atoms with van der Waals surface area (Å²) in [6, 6.07) is 14.4. The van der Waals surface area contributed by atoms with E-state index in [2.05, 4.69) is 0 Å². The SMILES string of the molecule is Cc1ccc(S(=O)(=O)N2[C@H](C)C(=O)[C@@H]2c2ccccc2)cc1. The van der Waals surface area contributed by atoms with Crippen LogP contribution in [0.5, 0.6) is 0 Å². The summed E-state index contributed by atoms with van der Waals surface area (Å²) in [4.78, 5) is 12.4. The number of nitrogens with zero attached hydrogens (tertiary/aromatic N) is 1. The van der Waals surface area contributed by atoms with Crippen LogP contribution in [0.4, 0.5) is 0 Å². The van der Waals surface area contributed by atoms with Gasteiger partial charge < -0.3 is 0 Å². The molecule has 1 fully saturated rings. The van der Waals surface area contributed by atoms with E-state index >= 15 is 0 Å². The summed E-state index contributed by atoms with van der Waals surface area (Å²) in [5.74, 6) is -0.0677. The molecule has 114 valence electrons. The van der Waals surface area contributed by atoms with E-state index in [0.717, 1.165) is 5.56 Å². The van der Waals surface area contributed by atoms with Crippen molar-refractivity contribution in [3.8, 4) is 0 Å². The van der Waals surface area contributed by atoms with E-state index in [1.54, 1.807) is 43.3 Å². The van der Waals surface area contributed by atoms with Crippen LogP contribution in [0.3, 0.4) is 0 Å². The van der Waals surface area contributed by atoms with Crippen molar-refractivity contribution in [2.24, 2.45) is 0 Å². The van der Waals surface area contributed by atoms with Crippen LogP contribution < -0.4 is 0 Å². The fraction of sp³-hybridized carbons (Fsp3) is 0.235. The molecule has 0 amide bonds. The van der Waals surface area contributed by atoms with Gasteiger partial charge in [0, 0.05) is 0 Å². The second-order valence-electron chi connectivity index (χ2n) is 5.54. The molecule has 0 bridgehead atoms. The predicted molar refractivity (Wildman–Crippen MR) is 83.9 cm³/mol. The molecule has 1 aliphatic heterocycles. The van der Waals surface area contributed by atoms with Gasteiger partial charge in [0.1, 0.15) is 6.04 Å². The Morgan fingerprint density at radius 3 is 2.14 bits per heavy atom. The first-order valence-corrected chi connectivity index (χ1v) is 8.56. The average Bonchev–Trinajstić information content (AvgIpc) is 2.52. The highest BCUT2D eigenvalue weighted by molar-refractivity contribution is 7.89. The maximum Gasteiger partial charge on any atom is 0.244 e. The lowest BCUT2D eigenvalue weighted by Crippen LogP contribution is -2.59. The molecule has 0 unspecified atom stereocenters. The zero-order valence-corrected chi connectivity index (χ0v) is 13.2. The molecule has 22 heavy (non-hydrogen) atoms. The molecule has 5 heteroatoms. The second-order valence-corrected chi connectivity index (χ2v) is 7.38. The monoisotopic (exact) mass is 315 g/mol. The third-order valence-corrected chi connectivity index (χ3v) is 5.98. The van der Waals surface area contributed by atoms with Crippen molar-refractivity contribution < 1.29 is 13.2 Å². The minimum atomic E-state index is -3.69. The normalized spacial score (nSPS) is 22.4. The second kappa shape index (κ2) is 5.34. The Kier molecular flexibility index (Phi) is 3.62. The van der Waals surface area contributed by atoms with Crippen molar-refractivity contribution in [1.29, 1.82) is 0 Å². The van der Waals surface area contributed by atoms with Crippen molar-refractivity contribution in [2.75, 3.05) is 0 Å². The van der Waals surface area contributed by atoms with E-state index in [0.29, 0.717) is 5.56 Å². The van der Waals surface area contributed by atoms with Crippen molar-refractivity contribution in [1.82, 2.24) is 4.31 Å². The first-order valence-electron chi connectivity index (χ1n) is 7.12. The van der Waals surface area contributed by atoms with Crippen LogP contribution in [0.25, 0.3) is 0 Å². The molecule has 2 aromatic rings. The van der Waals surface area contributed by atoms with Crippen molar-refractivity contribution >= 4 is 15.8 Å². The lowest BCUT2D eigenvalue weighted by Gasteiger charge is -2.43. The van der Waals surface area contributed by atoms with Gasteiger partial charge in [0.05, 0.1) is 10.9 Å². The molecule has 1 saturated heterocycles. The minimum absolute atomic E-state index is 0.0677. The highest BCUT2D eigenvalue weighted by Crippen LogP contribution is 2.40. The molecule has 1 aliphatic rings. The first kappa shape index (κ1) is 14.9. The third kappa shape index (κ3) is 2.26. The number of hydrogen-bond donors (Lipinski definition) is 0. The highest BCUT2D eigenvalue weighted by atomic mass is 32.2. The number of rotatable bonds is 3. The molecule has 0 aromatic heterocycles. The third-order valence-electron chi connectivity index (χ3n) is 4.03. The fourth-order valence-corrected chi connectivity index (χ4v) is 4.49. The highest BCUT2D eigenvalue weighted by Gasteiger charge is 2.52. The maximum atomic E-state index is 12.8. The van der Waals surface area contributed by atoms with Crippen molar-refractivity contribution in [3.05, 3.63) is 65.7 Å². The van der Waals surface area contributed by atoms with Gasteiger partial charge in [-0.05, 0) is 31.5 Å². The molecular weight excluding hydrogens is 298 g/mol. The molecule has 0 aliphatic carbocycles. The van der Waals surface area contributed by atoms with E-state index < -0.39 is 22.1 Å².